The Kier molecular flexibility index (Phi) is 3.15. The van der Waals surface area contributed by atoms with E-state index in [4.69, 9.17) is 5.26 Å². The van der Waals surface area contributed by atoms with Crippen LogP contribution in [0.3, 0.4) is 0 Å². The number of halogens is 4. The second-order valence-corrected chi connectivity index (χ2v) is 3.32. The second-order valence-electron chi connectivity index (χ2n) is 2.16. The van der Waals surface area contributed by atoms with E-state index < -0.39 is 12.1 Å². The van der Waals surface area contributed by atoms with Crippen molar-refractivity contribution in [3.05, 3.63) is 21.5 Å². The Hall–Kier alpha value is -1.04. The number of nitrogens with zero attached hydrogens (tertiary/aromatic N) is 2. The van der Waals surface area contributed by atoms with E-state index in [-0.39, 0.29) is 9.13 Å². The zero-order valence-corrected chi connectivity index (χ0v) is 8.63. The predicted octanol–water partition coefficient (Wildman–Crippen LogP) is 2.46. The molecular formula is C7H2F3IN2O. The lowest BCUT2D eigenvalue weighted by Crippen LogP contribution is -2.18. The molecule has 14 heavy (non-hydrogen) atoms. The van der Waals surface area contributed by atoms with Gasteiger partial charge in [0.2, 0.25) is 0 Å². The first-order chi connectivity index (χ1) is 6.44. The first-order valence-corrected chi connectivity index (χ1v) is 4.31. The summed E-state index contributed by atoms with van der Waals surface area (Å²) in [5.41, 5.74) is -0.241. The van der Waals surface area contributed by atoms with E-state index in [9.17, 15) is 13.2 Å². The Bertz CT molecular complexity index is 386. The minimum Gasteiger partial charge on any atom is -0.403 e. The van der Waals surface area contributed by atoms with Crippen LogP contribution in [0.1, 0.15) is 5.56 Å². The van der Waals surface area contributed by atoms with E-state index in [1.165, 1.54) is 6.20 Å². The fraction of sp³-hybridized carbons (Fsp3) is 0.143. The molecule has 0 unspecified atom stereocenters. The molecule has 74 valence electrons. The maximum Gasteiger partial charge on any atom is 0.573 e. The van der Waals surface area contributed by atoms with Crippen LogP contribution in [-0.2, 0) is 0 Å². The lowest BCUT2D eigenvalue weighted by molar-refractivity contribution is -0.275. The van der Waals surface area contributed by atoms with E-state index in [0.29, 0.717) is 0 Å². The number of nitriles is 1. The molecule has 0 saturated carbocycles. The van der Waals surface area contributed by atoms with Crippen molar-refractivity contribution in [2.75, 3.05) is 0 Å². The van der Waals surface area contributed by atoms with E-state index in [1.807, 2.05) is 0 Å². The predicted molar refractivity (Wildman–Crippen MR) is 48.4 cm³/mol. The monoisotopic (exact) mass is 314 g/mol. The zero-order valence-electron chi connectivity index (χ0n) is 6.47. The Morgan fingerprint density at radius 3 is 2.57 bits per heavy atom. The van der Waals surface area contributed by atoms with Crippen molar-refractivity contribution >= 4 is 22.6 Å². The molecule has 0 spiro atoms. The number of hydrogen-bond donors (Lipinski definition) is 0. The van der Waals surface area contributed by atoms with Crippen LogP contribution in [0.15, 0.2) is 12.4 Å². The number of alkyl halides is 3. The largest absolute Gasteiger partial charge is 0.573 e. The van der Waals surface area contributed by atoms with Gasteiger partial charge in [-0.25, -0.2) is 0 Å². The Morgan fingerprint density at radius 2 is 2.07 bits per heavy atom. The molecule has 0 aliphatic heterocycles. The number of rotatable bonds is 1. The quantitative estimate of drug-likeness (QED) is 0.748. The van der Waals surface area contributed by atoms with Crippen molar-refractivity contribution in [1.82, 2.24) is 4.98 Å². The number of ether oxygens (including phenoxy) is 1. The highest BCUT2D eigenvalue weighted by atomic mass is 127. The maximum atomic E-state index is 11.9. The summed E-state index contributed by atoms with van der Waals surface area (Å²) in [7, 11) is 0. The summed E-state index contributed by atoms with van der Waals surface area (Å²) >= 11 is 1.61. The fourth-order valence-electron chi connectivity index (χ4n) is 0.722. The average Bonchev–Trinajstić information content (AvgIpc) is 2.06. The van der Waals surface area contributed by atoms with Crippen molar-refractivity contribution in [3.63, 3.8) is 0 Å². The summed E-state index contributed by atoms with van der Waals surface area (Å²) in [5, 5.41) is 8.50. The lowest BCUT2D eigenvalue weighted by atomic mass is 10.3. The van der Waals surface area contributed by atoms with Crippen LogP contribution in [0.2, 0.25) is 0 Å². The van der Waals surface area contributed by atoms with Crippen molar-refractivity contribution in [2.24, 2.45) is 0 Å². The molecule has 0 aliphatic carbocycles. The Labute approximate surface area is 90.6 Å². The van der Waals surface area contributed by atoms with E-state index in [1.54, 1.807) is 28.7 Å². The summed E-state index contributed by atoms with van der Waals surface area (Å²) in [5.74, 6) is -0.504. The molecule has 0 aromatic carbocycles. The molecule has 0 bridgehead atoms. The van der Waals surface area contributed by atoms with Gasteiger partial charge in [-0.3, -0.25) is 4.98 Å². The Morgan fingerprint density at radius 1 is 1.43 bits per heavy atom. The molecule has 0 saturated heterocycles. The van der Waals surface area contributed by atoms with Crippen molar-refractivity contribution < 1.29 is 17.9 Å². The molecule has 0 fully saturated rings. The zero-order chi connectivity index (χ0) is 10.8. The average molecular weight is 314 g/mol. The van der Waals surface area contributed by atoms with Gasteiger partial charge in [0.25, 0.3) is 0 Å². The summed E-state index contributed by atoms with van der Waals surface area (Å²) in [6.45, 7) is 0. The van der Waals surface area contributed by atoms with Gasteiger partial charge in [0, 0.05) is 12.4 Å². The third-order valence-corrected chi connectivity index (χ3v) is 1.96. The van der Waals surface area contributed by atoms with Gasteiger partial charge in [-0.15, -0.1) is 13.2 Å². The van der Waals surface area contributed by atoms with Gasteiger partial charge in [-0.1, -0.05) is 0 Å². The van der Waals surface area contributed by atoms with Crippen molar-refractivity contribution in [1.29, 1.82) is 5.26 Å². The molecule has 0 amide bonds. The normalized spacial score (nSPS) is 10.8. The van der Waals surface area contributed by atoms with Gasteiger partial charge in [-0.05, 0) is 22.6 Å². The van der Waals surface area contributed by atoms with Crippen LogP contribution in [0, 0.1) is 14.9 Å². The first kappa shape index (κ1) is 11.0. The molecule has 0 aliphatic rings. The van der Waals surface area contributed by atoms with Gasteiger partial charge >= 0.3 is 6.36 Å². The maximum absolute atomic E-state index is 11.9. The lowest BCUT2D eigenvalue weighted by Gasteiger charge is -2.10. The highest BCUT2D eigenvalue weighted by Gasteiger charge is 2.33. The van der Waals surface area contributed by atoms with Gasteiger partial charge in [0.05, 0.1) is 3.57 Å². The summed E-state index contributed by atoms with van der Waals surface area (Å²) < 4.78 is 39.5. The minimum absolute atomic E-state index is 0.138. The first-order valence-electron chi connectivity index (χ1n) is 3.23. The van der Waals surface area contributed by atoms with E-state index >= 15 is 0 Å². The second kappa shape index (κ2) is 4.00. The van der Waals surface area contributed by atoms with Gasteiger partial charge in [0.1, 0.15) is 11.6 Å². The van der Waals surface area contributed by atoms with Gasteiger partial charge in [0.15, 0.2) is 5.75 Å². The number of aromatic nitrogens is 1. The molecule has 0 atom stereocenters. The standard InChI is InChI=1S/C7H2F3IN2O/c8-7(9,10)14-6-4(1-12)2-13-3-5(6)11/h2-3H. The molecule has 1 rings (SSSR count). The van der Waals surface area contributed by atoms with Gasteiger partial charge < -0.3 is 4.74 Å². The van der Waals surface area contributed by atoms with Gasteiger partial charge in [-0.2, -0.15) is 5.26 Å². The number of pyridine rings is 1. The smallest absolute Gasteiger partial charge is 0.403 e. The summed E-state index contributed by atoms with van der Waals surface area (Å²) in [4.78, 5) is 3.57. The molecule has 0 radical (unpaired) electrons. The summed E-state index contributed by atoms with van der Waals surface area (Å²) in [6, 6.07) is 1.57. The summed E-state index contributed by atoms with van der Waals surface area (Å²) in [6.07, 6.45) is -2.60. The van der Waals surface area contributed by atoms with E-state index in [0.717, 1.165) is 6.20 Å². The minimum atomic E-state index is -4.80. The number of hydrogen-bond acceptors (Lipinski definition) is 3. The Balaban J connectivity index is 3.13. The molecule has 1 heterocycles. The van der Waals surface area contributed by atoms with E-state index in [2.05, 4.69) is 9.72 Å². The SMILES string of the molecule is N#Cc1cncc(I)c1OC(F)(F)F. The topological polar surface area (TPSA) is 45.9 Å². The van der Waals surface area contributed by atoms with Crippen molar-refractivity contribution in [2.45, 2.75) is 6.36 Å². The van der Waals surface area contributed by atoms with Crippen LogP contribution in [0.4, 0.5) is 13.2 Å². The highest BCUT2D eigenvalue weighted by Crippen LogP contribution is 2.29. The molecule has 1 aromatic rings. The van der Waals surface area contributed by atoms with Crippen LogP contribution in [0.25, 0.3) is 0 Å². The molecular weight excluding hydrogens is 312 g/mol. The van der Waals surface area contributed by atoms with Crippen LogP contribution >= 0.6 is 22.6 Å². The molecule has 1 aromatic heterocycles. The van der Waals surface area contributed by atoms with Crippen LogP contribution < -0.4 is 4.74 Å². The van der Waals surface area contributed by atoms with Crippen LogP contribution in [0.5, 0.6) is 5.75 Å². The fourth-order valence-corrected chi connectivity index (χ4v) is 1.28. The highest BCUT2D eigenvalue weighted by molar-refractivity contribution is 14.1. The third kappa shape index (κ3) is 2.73. The molecule has 0 N–H and O–H groups in total. The molecule has 3 nitrogen and oxygen atoms in total. The third-order valence-electron chi connectivity index (χ3n) is 1.19. The molecule has 7 heteroatoms. The van der Waals surface area contributed by atoms with Crippen molar-refractivity contribution in [3.8, 4) is 11.8 Å². The van der Waals surface area contributed by atoms with Crippen LogP contribution in [-0.4, -0.2) is 11.3 Å².